The van der Waals surface area contributed by atoms with Crippen LogP contribution in [0.15, 0.2) is 42.5 Å². The Kier molecular flexibility index (Phi) is 7.39. The van der Waals surface area contributed by atoms with Crippen molar-refractivity contribution in [3.63, 3.8) is 0 Å². The first-order valence-electron chi connectivity index (χ1n) is 12.1. The highest BCUT2D eigenvalue weighted by molar-refractivity contribution is 5.93. The van der Waals surface area contributed by atoms with Crippen LogP contribution in [0.1, 0.15) is 42.4 Å². The maximum absolute atomic E-state index is 5.44. The predicted molar refractivity (Wildman–Crippen MR) is 140 cm³/mol. The number of pyridine rings is 1. The standard InChI is InChI=1S/C28H38N4O/c1-19-15-27(33-5)20(2)14-22(19)18-29-17-21-10-12-23(13-11-21)30-28-16-26(32(3)4)24-8-6-7-9-25(24)31-28/h6-9,14-16,21,23,29H,10-13,17-18H2,1-5H3,(H,30,31). The van der Waals surface area contributed by atoms with Crippen LogP contribution in [-0.2, 0) is 6.54 Å². The topological polar surface area (TPSA) is 49.4 Å². The molecule has 1 aromatic heterocycles. The second kappa shape index (κ2) is 10.4. The molecule has 1 aliphatic rings. The van der Waals surface area contributed by atoms with Gasteiger partial charge in [0.25, 0.3) is 0 Å². The smallest absolute Gasteiger partial charge is 0.128 e. The Morgan fingerprint density at radius 3 is 2.48 bits per heavy atom. The number of ether oxygens (including phenoxy) is 1. The SMILES string of the molecule is COc1cc(C)c(CNCC2CCC(Nc3cc(N(C)C)c4ccccc4n3)CC2)cc1C. The molecule has 4 rings (SSSR count). The van der Waals surface area contributed by atoms with Gasteiger partial charge in [0.05, 0.1) is 12.6 Å². The van der Waals surface area contributed by atoms with Crippen LogP contribution in [0.4, 0.5) is 11.5 Å². The first-order valence-corrected chi connectivity index (χ1v) is 12.1. The maximum atomic E-state index is 5.44. The molecular formula is C28H38N4O. The average molecular weight is 447 g/mol. The molecule has 1 heterocycles. The maximum Gasteiger partial charge on any atom is 0.128 e. The average Bonchev–Trinajstić information content (AvgIpc) is 2.81. The van der Waals surface area contributed by atoms with E-state index in [-0.39, 0.29) is 0 Å². The van der Waals surface area contributed by atoms with E-state index in [9.17, 15) is 0 Å². The number of hydrogen-bond acceptors (Lipinski definition) is 5. The zero-order chi connectivity index (χ0) is 23.4. The summed E-state index contributed by atoms with van der Waals surface area (Å²) in [4.78, 5) is 7.05. The Balaban J connectivity index is 1.29. The normalized spacial score (nSPS) is 18.3. The van der Waals surface area contributed by atoms with Crippen LogP contribution >= 0.6 is 0 Å². The van der Waals surface area contributed by atoms with Gasteiger partial charge in [-0.15, -0.1) is 0 Å². The molecule has 176 valence electrons. The molecule has 0 unspecified atom stereocenters. The highest BCUT2D eigenvalue weighted by atomic mass is 16.5. The van der Waals surface area contributed by atoms with Crippen LogP contribution in [0.25, 0.3) is 10.9 Å². The first kappa shape index (κ1) is 23.4. The minimum absolute atomic E-state index is 0.497. The van der Waals surface area contributed by atoms with Gasteiger partial charge < -0.3 is 20.3 Å². The minimum Gasteiger partial charge on any atom is -0.496 e. The molecule has 0 amide bonds. The molecule has 1 saturated carbocycles. The molecule has 0 spiro atoms. The molecule has 33 heavy (non-hydrogen) atoms. The summed E-state index contributed by atoms with van der Waals surface area (Å²) in [5.74, 6) is 2.70. The Morgan fingerprint density at radius 2 is 1.76 bits per heavy atom. The lowest BCUT2D eigenvalue weighted by molar-refractivity contribution is 0.324. The third kappa shape index (κ3) is 5.59. The summed E-state index contributed by atoms with van der Waals surface area (Å²) in [6.07, 6.45) is 4.89. The van der Waals surface area contributed by atoms with E-state index in [1.807, 2.05) is 0 Å². The van der Waals surface area contributed by atoms with Crippen LogP contribution in [0, 0.1) is 19.8 Å². The van der Waals surface area contributed by atoms with Gasteiger partial charge in [-0.2, -0.15) is 0 Å². The molecule has 5 heteroatoms. The number of para-hydroxylation sites is 1. The molecule has 2 aromatic carbocycles. The van der Waals surface area contributed by atoms with Crippen molar-refractivity contribution in [2.45, 2.75) is 52.1 Å². The molecule has 3 aromatic rings. The third-order valence-corrected chi connectivity index (χ3v) is 6.98. The van der Waals surface area contributed by atoms with Crippen molar-refractivity contribution in [2.75, 3.05) is 38.0 Å². The quantitative estimate of drug-likeness (QED) is 0.466. The zero-order valence-electron chi connectivity index (χ0n) is 20.7. The van der Waals surface area contributed by atoms with Crippen LogP contribution in [0.2, 0.25) is 0 Å². The largest absolute Gasteiger partial charge is 0.496 e. The van der Waals surface area contributed by atoms with Gasteiger partial charge in [-0.25, -0.2) is 4.98 Å². The molecule has 0 radical (unpaired) electrons. The summed E-state index contributed by atoms with van der Waals surface area (Å²) in [6, 6.07) is 15.5. The van der Waals surface area contributed by atoms with Crippen molar-refractivity contribution in [1.29, 1.82) is 0 Å². The minimum atomic E-state index is 0.497. The van der Waals surface area contributed by atoms with Gasteiger partial charge in [-0.1, -0.05) is 24.3 Å². The molecular weight excluding hydrogens is 408 g/mol. The number of methoxy groups -OCH3 is 1. The highest BCUT2D eigenvalue weighted by Gasteiger charge is 2.21. The number of hydrogen-bond donors (Lipinski definition) is 2. The number of fused-ring (bicyclic) bond motifs is 1. The Morgan fingerprint density at radius 1 is 1.00 bits per heavy atom. The lowest BCUT2D eigenvalue weighted by Crippen LogP contribution is -2.31. The van der Waals surface area contributed by atoms with E-state index in [0.29, 0.717) is 6.04 Å². The molecule has 0 saturated heterocycles. The Bertz CT molecular complexity index is 1090. The summed E-state index contributed by atoms with van der Waals surface area (Å²) >= 11 is 0. The number of rotatable bonds is 8. The number of nitrogens with zero attached hydrogens (tertiary/aromatic N) is 2. The molecule has 0 atom stereocenters. The van der Waals surface area contributed by atoms with Gasteiger partial charge in [0.1, 0.15) is 11.6 Å². The summed E-state index contributed by atoms with van der Waals surface area (Å²) < 4.78 is 5.44. The van der Waals surface area contributed by atoms with Gasteiger partial charge >= 0.3 is 0 Å². The fourth-order valence-corrected chi connectivity index (χ4v) is 4.99. The molecule has 0 aliphatic heterocycles. The first-order chi connectivity index (χ1) is 15.9. The van der Waals surface area contributed by atoms with Gasteiger partial charge in [0.15, 0.2) is 0 Å². The predicted octanol–water partition coefficient (Wildman–Crippen LogP) is 5.69. The molecule has 1 fully saturated rings. The number of aromatic nitrogens is 1. The van der Waals surface area contributed by atoms with Crippen molar-refractivity contribution in [2.24, 2.45) is 5.92 Å². The molecule has 5 nitrogen and oxygen atoms in total. The van der Waals surface area contributed by atoms with Crippen LogP contribution < -0.4 is 20.3 Å². The zero-order valence-corrected chi connectivity index (χ0v) is 20.7. The van der Waals surface area contributed by atoms with E-state index in [2.05, 4.69) is 85.9 Å². The van der Waals surface area contributed by atoms with Crippen molar-refractivity contribution in [3.05, 3.63) is 59.2 Å². The lowest BCUT2D eigenvalue weighted by atomic mass is 9.86. The summed E-state index contributed by atoms with van der Waals surface area (Å²) in [5.41, 5.74) is 6.12. The third-order valence-electron chi connectivity index (χ3n) is 6.98. The van der Waals surface area contributed by atoms with Gasteiger partial charge in [0, 0.05) is 43.8 Å². The van der Waals surface area contributed by atoms with Crippen molar-refractivity contribution < 1.29 is 4.74 Å². The monoisotopic (exact) mass is 446 g/mol. The van der Waals surface area contributed by atoms with E-state index in [4.69, 9.17) is 9.72 Å². The molecule has 1 aliphatic carbocycles. The second-order valence-electron chi connectivity index (χ2n) is 9.68. The summed E-state index contributed by atoms with van der Waals surface area (Å²) in [5, 5.41) is 8.63. The summed E-state index contributed by atoms with van der Waals surface area (Å²) in [6.45, 7) is 6.28. The molecule has 2 N–H and O–H groups in total. The fourth-order valence-electron chi connectivity index (χ4n) is 4.99. The van der Waals surface area contributed by atoms with Crippen LogP contribution in [-0.4, -0.2) is 38.8 Å². The lowest BCUT2D eigenvalue weighted by Gasteiger charge is -2.30. The van der Waals surface area contributed by atoms with E-state index in [1.165, 1.54) is 53.4 Å². The highest BCUT2D eigenvalue weighted by Crippen LogP contribution is 2.30. The number of aryl methyl sites for hydroxylation is 2. The van der Waals surface area contributed by atoms with Gasteiger partial charge in [-0.05, 0) is 80.8 Å². The number of anilines is 2. The molecule has 0 bridgehead atoms. The van der Waals surface area contributed by atoms with Gasteiger partial charge in [0.2, 0.25) is 0 Å². The van der Waals surface area contributed by atoms with Crippen molar-refractivity contribution >= 4 is 22.4 Å². The van der Waals surface area contributed by atoms with Gasteiger partial charge in [-0.3, -0.25) is 0 Å². The Hall–Kier alpha value is -2.79. The van der Waals surface area contributed by atoms with E-state index in [1.54, 1.807) is 7.11 Å². The van der Waals surface area contributed by atoms with Crippen LogP contribution in [0.3, 0.4) is 0 Å². The number of benzene rings is 2. The van der Waals surface area contributed by atoms with E-state index < -0.39 is 0 Å². The van der Waals surface area contributed by atoms with Crippen molar-refractivity contribution in [1.82, 2.24) is 10.3 Å². The fraction of sp³-hybridized carbons (Fsp3) is 0.464. The summed E-state index contributed by atoms with van der Waals surface area (Å²) in [7, 11) is 5.93. The van der Waals surface area contributed by atoms with Crippen molar-refractivity contribution in [3.8, 4) is 5.75 Å². The van der Waals surface area contributed by atoms with E-state index in [0.717, 1.165) is 36.1 Å². The van der Waals surface area contributed by atoms with Crippen LogP contribution in [0.5, 0.6) is 5.75 Å². The second-order valence-corrected chi connectivity index (χ2v) is 9.68. The van der Waals surface area contributed by atoms with E-state index >= 15 is 0 Å². The Labute approximate surface area is 198 Å². The number of nitrogens with one attached hydrogen (secondary N) is 2.